The first-order valence-corrected chi connectivity index (χ1v) is 12.1. The largest absolute Gasteiger partial charge is 0.403 e. The molecule has 0 aliphatic carbocycles. The van der Waals surface area contributed by atoms with Gasteiger partial charge in [-0.1, -0.05) is 47.6 Å². The fourth-order valence-electron chi connectivity index (χ4n) is 4.59. The Morgan fingerprint density at radius 1 is 0.892 bits per heavy atom. The molecule has 2 aliphatic heterocycles. The Labute approximate surface area is 212 Å². The van der Waals surface area contributed by atoms with Gasteiger partial charge in [-0.05, 0) is 30.3 Å². The van der Waals surface area contributed by atoms with E-state index in [0.717, 1.165) is 29.9 Å². The number of Topliss-reactive ketones (excluding diaryl/α,β-unsaturated/α-hetero) is 1. The van der Waals surface area contributed by atoms with Gasteiger partial charge >= 0.3 is 6.01 Å². The number of aromatic nitrogens is 2. The number of fused-ring (bicyclic) bond motifs is 1. The first kappa shape index (κ1) is 23.1. The van der Waals surface area contributed by atoms with E-state index in [2.05, 4.69) is 20.4 Å². The zero-order valence-electron chi connectivity index (χ0n) is 19.9. The number of nitrogens with zero attached hydrogens (tertiary/aromatic N) is 4. The number of nitrogens with one attached hydrogen (secondary N) is 1. The summed E-state index contributed by atoms with van der Waals surface area (Å²) in [4.78, 5) is 20.1. The fraction of sp³-hybridized carbons (Fsp3) is 0.214. The maximum absolute atomic E-state index is 14.7. The van der Waals surface area contributed by atoms with Crippen LogP contribution in [0.25, 0.3) is 11.5 Å². The van der Waals surface area contributed by atoms with Gasteiger partial charge in [-0.15, -0.1) is 5.10 Å². The van der Waals surface area contributed by atoms with Crippen LogP contribution in [0.2, 0.25) is 0 Å². The average molecular weight is 498 g/mol. The van der Waals surface area contributed by atoms with Crippen molar-refractivity contribution in [1.29, 1.82) is 0 Å². The number of anilines is 2. The smallest absolute Gasteiger partial charge is 0.317 e. The molecule has 1 atom stereocenters. The number of carbonyl (C=O) groups is 1. The summed E-state index contributed by atoms with van der Waals surface area (Å²) in [6.07, 6.45) is -1.12. The normalized spacial score (nSPS) is 17.6. The molecule has 1 N–H and O–H groups in total. The van der Waals surface area contributed by atoms with Crippen molar-refractivity contribution < 1.29 is 18.3 Å². The number of aliphatic imine (C=N–C) groups is 1. The van der Waals surface area contributed by atoms with Crippen molar-refractivity contribution in [3.05, 3.63) is 95.3 Å². The van der Waals surface area contributed by atoms with Crippen LogP contribution in [-0.2, 0) is 16.0 Å². The van der Waals surface area contributed by atoms with E-state index in [4.69, 9.17) is 14.1 Å². The lowest BCUT2D eigenvalue weighted by molar-refractivity contribution is -0.119. The quantitative estimate of drug-likeness (QED) is 0.444. The Morgan fingerprint density at radius 2 is 1.68 bits per heavy atom. The lowest BCUT2D eigenvalue weighted by Gasteiger charge is -2.28. The van der Waals surface area contributed by atoms with Crippen LogP contribution in [0, 0.1) is 5.82 Å². The lowest BCUT2D eigenvalue weighted by Crippen LogP contribution is -2.36. The summed E-state index contributed by atoms with van der Waals surface area (Å²) in [5.41, 5.74) is 4.08. The summed E-state index contributed by atoms with van der Waals surface area (Å²) >= 11 is 0. The summed E-state index contributed by atoms with van der Waals surface area (Å²) in [7, 11) is 0. The summed E-state index contributed by atoms with van der Waals surface area (Å²) in [6.45, 7) is 3.13. The van der Waals surface area contributed by atoms with E-state index in [1.54, 1.807) is 12.1 Å². The highest BCUT2D eigenvalue weighted by Gasteiger charge is 2.29. The molecule has 8 nitrogen and oxygen atoms in total. The zero-order chi connectivity index (χ0) is 25.2. The molecule has 9 heteroatoms. The van der Waals surface area contributed by atoms with E-state index < -0.39 is 12.0 Å². The fourth-order valence-corrected chi connectivity index (χ4v) is 4.59. The van der Waals surface area contributed by atoms with Crippen LogP contribution in [0.15, 0.2) is 82.2 Å². The molecule has 0 bridgehead atoms. The number of hydrogen-bond acceptors (Lipinski definition) is 8. The van der Waals surface area contributed by atoms with Crippen LogP contribution >= 0.6 is 0 Å². The molecule has 0 saturated carbocycles. The third kappa shape index (κ3) is 4.73. The highest BCUT2D eigenvalue weighted by Crippen LogP contribution is 2.27. The van der Waals surface area contributed by atoms with Crippen LogP contribution in [0.4, 0.5) is 16.1 Å². The van der Waals surface area contributed by atoms with Gasteiger partial charge in [0.15, 0.2) is 11.9 Å². The van der Waals surface area contributed by atoms with Crippen molar-refractivity contribution in [2.45, 2.75) is 12.6 Å². The van der Waals surface area contributed by atoms with E-state index in [1.807, 2.05) is 54.6 Å². The topological polar surface area (TPSA) is 92.9 Å². The summed E-state index contributed by atoms with van der Waals surface area (Å²) in [5.74, 6) is -0.415. The average Bonchev–Trinajstić information content (AvgIpc) is 3.36. The van der Waals surface area contributed by atoms with Crippen LogP contribution < -0.4 is 10.2 Å². The summed E-state index contributed by atoms with van der Waals surface area (Å²) < 4.78 is 26.0. The Balaban J connectivity index is 1.26. The molecule has 3 heterocycles. The predicted molar refractivity (Wildman–Crippen MR) is 137 cm³/mol. The third-order valence-electron chi connectivity index (χ3n) is 6.51. The number of rotatable bonds is 5. The summed E-state index contributed by atoms with van der Waals surface area (Å²) in [6, 6.07) is 22.1. The van der Waals surface area contributed by atoms with Crippen molar-refractivity contribution in [3.63, 3.8) is 0 Å². The molecule has 2 aliphatic rings. The molecule has 186 valence electrons. The zero-order valence-corrected chi connectivity index (χ0v) is 19.9. The second-order valence-corrected chi connectivity index (χ2v) is 8.86. The molecule has 0 amide bonds. The van der Waals surface area contributed by atoms with Gasteiger partial charge in [0.25, 0.3) is 0 Å². The van der Waals surface area contributed by atoms with Crippen molar-refractivity contribution >= 4 is 23.2 Å². The Bertz CT molecular complexity index is 1450. The number of benzene rings is 3. The van der Waals surface area contributed by atoms with E-state index in [-0.39, 0.29) is 18.2 Å². The monoisotopic (exact) mass is 497 g/mol. The van der Waals surface area contributed by atoms with Crippen molar-refractivity contribution in [1.82, 2.24) is 10.2 Å². The van der Waals surface area contributed by atoms with Gasteiger partial charge in [0.1, 0.15) is 5.82 Å². The molecule has 1 saturated heterocycles. The van der Waals surface area contributed by atoms with Gasteiger partial charge in [-0.2, -0.15) is 0 Å². The minimum Gasteiger partial charge on any atom is -0.403 e. The highest BCUT2D eigenvalue weighted by molar-refractivity contribution is 6.16. The first-order valence-electron chi connectivity index (χ1n) is 12.1. The standard InChI is InChI=1S/C28H24FN5O3/c29-23-8-4-7-21-22(23)17-24(35)26(30-25(21)18-5-2-1-3-6-18)31-28-33-32-27(37-28)19-9-11-20(12-10-19)34-13-15-36-16-14-34/h1-12,26H,13-17H2,(H,31,33)/t26-/m1/s1. The van der Waals surface area contributed by atoms with Crippen molar-refractivity contribution in [3.8, 4) is 11.5 Å². The van der Waals surface area contributed by atoms with Gasteiger partial charge in [-0.25, -0.2) is 4.39 Å². The number of morpholine rings is 1. The van der Waals surface area contributed by atoms with Gasteiger partial charge in [-0.3, -0.25) is 9.79 Å². The Morgan fingerprint density at radius 3 is 2.46 bits per heavy atom. The van der Waals surface area contributed by atoms with Crippen LogP contribution in [0.1, 0.15) is 16.7 Å². The maximum Gasteiger partial charge on any atom is 0.317 e. The third-order valence-corrected chi connectivity index (χ3v) is 6.51. The van der Waals surface area contributed by atoms with Crippen molar-refractivity contribution in [2.24, 2.45) is 4.99 Å². The number of ketones is 1. The predicted octanol–water partition coefficient (Wildman–Crippen LogP) is 4.11. The van der Waals surface area contributed by atoms with E-state index in [1.165, 1.54) is 6.07 Å². The highest BCUT2D eigenvalue weighted by atomic mass is 19.1. The molecular weight excluding hydrogens is 473 g/mol. The van der Waals surface area contributed by atoms with E-state index in [0.29, 0.717) is 35.9 Å². The van der Waals surface area contributed by atoms with E-state index >= 15 is 0 Å². The second-order valence-electron chi connectivity index (χ2n) is 8.86. The van der Waals surface area contributed by atoms with Gasteiger partial charge in [0, 0.05) is 47.5 Å². The Kier molecular flexibility index (Phi) is 6.20. The minimum absolute atomic E-state index is 0.0631. The molecule has 37 heavy (non-hydrogen) atoms. The molecule has 0 spiro atoms. The molecular formula is C28H24FN5O3. The second kappa shape index (κ2) is 9.94. The summed E-state index contributed by atoms with van der Waals surface area (Å²) in [5, 5.41) is 11.2. The van der Waals surface area contributed by atoms with Crippen LogP contribution in [-0.4, -0.2) is 54.2 Å². The molecule has 6 rings (SSSR count). The van der Waals surface area contributed by atoms with Gasteiger partial charge in [0.05, 0.1) is 18.9 Å². The molecule has 1 fully saturated rings. The number of carbonyl (C=O) groups excluding carboxylic acids is 1. The Hall–Kier alpha value is -4.37. The van der Waals surface area contributed by atoms with Crippen molar-refractivity contribution in [2.75, 3.05) is 36.5 Å². The SMILES string of the molecule is O=C1Cc2c(F)cccc2C(c2ccccc2)=N[C@@H]1Nc1nnc(-c2ccc(N3CCOCC3)cc2)o1. The van der Waals surface area contributed by atoms with Crippen LogP contribution in [0.3, 0.4) is 0 Å². The lowest BCUT2D eigenvalue weighted by atomic mass is 9.95. The number of hydrogen-bond donors (Lipinski definition) is 1. The molecule has 0 unspecified atom stereocenters. The van der Waals surface area contributed by atoms with Crippen LogP contribution in [0.5, 0.6) is 0 Å². The number of halogens is 1. The maximum atomic E-state index is 14.7. The first-order chi connectivity index (χ1) is 18.2. The molecule has 3 aromatic carbocycles. The van der Waals surface area contributed by atoms with E-state index in [9.17, 15) is 9.18 Å². The van der Waals surface area contributed by atoms with Gasteiger partial charge in [0.2, 0.25) is 5.89 Å². The molecule has 0 radical (unpaired) electrons. The number of ether oxygens (including phenoxy) is 1. The minimum atomic E-state index is -1.01. The molecule has 1 aromatic heterocycles. The van der Waals surface area contributed by atoms with Gasteiger partial charge < -0.3 is 19.4 Å². The molecule has 4 aromatic rings.